The van der Waals surface area contributed by atoms with E-state index >= 15 is 0 Å². The van der Waals surface area contributed by atoms with Gasteiger partial charge in [-0.25, -0.2) is 9.37 Å². The summed E-state index contributed by atoms with van der Waals surface area (Å²) in [4.78, 5) is 41.0. The number of Topliss-reactive ketones (excluding diaryl/α,β-unsaturated/α-hetero) is 1. The SMILES string of the molecule is COC[C@@H](Cc1ccc(F)cc1)[C@H](C)OC(=O)[C@H](C)CC(=O)c1nccc(OC)c1OC(C)=O. The van der Waals surface area contributed by atoms with Gasteiger partial charge in [-0.15, -0.1) is 0 Å². The number of rotatable bonds is 12. The molecule has 34 heavy (non-hydrogen) atoms. The summed E-state index contributed by atoms with van der Waals surface area (Å²) in [6.07, 6.45) is 1.17. The first-order valence-corrected chi connectivity index (χ1v) is 10.8. The Morgan fingerprint density at radius 3 is 2.32 bits per heavy atom. The lowest BCUT2D eigenvalue weighted by Gasteiger charge is -2.25. The van der Waals surface area contributed by atoms with E-state index < -0.39 is 29.7 Å². The predicted molar refractivity (Wildman–Crippen MR) is 121 cm³/mol. The summed E-state index contributed by atoms with van der Waals surface area (Å²) < 4.78 is 34.4. The number of benzene rings is 1. The predicted octanol–water partition coefficient (Wildman–Crippen LogP) is 3.80. The molecule has 0 aliphatic heterocycles. The molecule has 1 aromatic heterocycles. The molecule has 1 heterocycles. The highest BCUT2D eigenvalue weighted by Crippen LogP contribution is 2.31. The Morgan fingerprint density at radius 2 is 1.74 bits per heavy atom. The largest absolute Gasteiger partial charge is 0.493 e. The molecule has 0 saturated heterocycles. The zero-order valence-electron chi connectivity index (χ0n) is 20.0. The normalized spacial score (nSPS) is 13.5. The lowest BCUT2D eigenvalue weighted by atomic mass is 9.95. The summed E-state index contributed by atoms with van der Waals surface area (Å²) in [5, 5.41) is 0. The molecule has 0 saturated carbocycles. The molecule has 8 nitrogen and oxygen atoms in total. The van der Waals surface area contributed by atoms with Crippen molar-refractivity contribution in [2.24, 2.45) is 11.8 Å². The molecule has 0 spiro atoms. The third kappa shape index (κ3) is 7.62. The molecule has 0 radical (unpaired) electrons. The molecule has 184 valence electrons. The zero-order chi connectivity index (χ0) is 25.3. The van der Waals surface area contributed by atoms with E-state index in [9.17, 15) is 18.8 Å². The average molecular weight is 476 g/mol. The Labute approximate surface area is 198 Å². The molecular weight excluding hydrogens is 445 g/mol. The molecule has 2 rings (SSSR count). The van der Waals surface area contributed by atoms with Crippen LogP contribution in [-0.4, -0.2) is 49.6 Å². The van der Waals surface area contributed by atoms with Gasteiger partial charge in [0.15, 0.2) is 17.2 Å². The van der Waals surface area contributed by atoms with Crippen LogP contribution in [-0.2, 0) is 25.5 Å². The van der Waals surface area contributed by atoms with Crippen molar-refractivity contribution < 1.29 is 37.7 Å². The van der Waals surface area contributed by atoms with E-state index in [4.69, 9.17) is 18.9 Å². The summed E-state index contributed by atoms with van der Waals surface area (Å²) in [5.41, 5.74) is 0.785. The van der Waals surface area contributed by atoms with Gasteiger partial charge in [-0.1, -0.05) is 19.1 Å². The van der Waals surface area contributed by atoms with Crippen LogP contribution in [0.25, 0.3) is 0 Å². The molecule has 0 bridgehead atoms. The first-order valence-electron chi connectivity index (χ1n) is 10.8. The van der Waals surface area contributed by atoms with Gasteiger partial charge < -0.3 is 18.9 Å². The van der Waals surface area contributed by atoms with Crippen molar-refractivity contribution >= 4 is 17.7 Å². The van der Waals surface area contributed by atoms with Crippen LogP contribution in [0.3, 0.4) is 0 Å². The van der Waals surface area contributed by atoms with Crippen LogP contribution in [0.1, 0.15) is 43.2 Å². The van der Waals surface area contributed by atoms with Crippen molar-refractivity contribution in [1.82, 2.24) is 4.98 Å². The molecule has 0 N–H and O–H groups in total. The van der Waals surface area contributed by atoms with Gasteiger partial charge in [-0.3, -0.25) is 14.4 Å². The summed E-state index contributed by atoms with van der Waals surface area (Å²) in [7, 11) is 2.93. The maximum atomic E-state index is 13.2. The van der Waals surface area contributed by atoms with Crippen LogP contribution < -0.4 is 9.47 Å². The van der Waals surface area contributed by atoms with Gasteiger partial charge in [0.2, 0.25) is 5.75 Å². The molecular formula is C25H30FNO7. The molecule has 2 aromatic rings. The minimum absolute atomic E-state index is 0.0871. The number of nitrogens with zero attached hydrogens (tertiary/aromatic N) is 1. The average Bonchev–Trinajstić information content (AvgIpc) is 2.79. The Kier molecular flexibility index (Phi) is 10.1. The molecule has 1 aromatic carbocycles. The molecule has 9 heteroatoms. The highest BCUT2D eigenvalue weighted by Gasteiger charge is 2.28. The number of ketones is 1. The number of pyridine rings is 1. The van der Waals surface area contributed by atoms with Gasteiger partial charge in [0, 0.05) is 38.6 Å². The minimum Gasteiger partial charge on any atom is -0.493 e. The number of hydrogen-bond donors (Lipinski definition) is 0. The Hall–Kier alpha value is -3.33. The number of hydrogen-bond acceptors (Lipinski definition) is 8. The Morgan fingerprint density at radius 1 is 1.06 bits per heavy atom. The molecule has 0 aliphatic carbocycles. The zero-order valence-corrected chi connectivity index (χ0v) is 20.0. The van der Waals surface area contributed by atoms with Crippen molar-refractivity contribution in [3.05, 3.63) is 53.6 Å². The van der Waals surface area contributed by atoms with E-state index in [0.29, 0.717) is 13.0 Å². The van der Waals surface area contributed by atoms with E-state index in [0.717, 1.165) is 5.56 Å². The third-order valence-electron chi connectivity index (χ3n) is 5.25. The van der Waals surface area contributed by atoms with Crippen LogP contribution in [0, 0.1) is 17.7 Å². The molecule has 0 fully saturated rings. The standard InChI is InChI=1S/C25H30FNO7/c1-15(12-21(29)23-24(34-17(3)28)22(32-5)10-11-27-23)25(30)33-16(2)19(14-31-4)13-18-6-8-20(26)9-7-18/h6-11,15-16,19H,12-14H2,1-5H3/t15-,16+,19-/m1/s1. The minimum atomic E-state index is -0.776. The summed E-state index contributed by atoms with van der Waals surface area (Å²) in [6.45, 7) is 4.86. The van der Waals surface area contributed by atoms with Gasteiger partial charge in [0.05, 0.1) is 19.6 Å². The lowest BCUT2D eigenvalue weighted by molar-refractivity contribution is -0.156. The second-order valence-corrected chi connectivity index (χ2v) is 8.00. The Bertz CT molecular complexity index is 993. The fourth-order valence-corrected chi connectivity index (χ4v) is 3.38. The summed E-state index contributed by atoms with van der Waals surface area (Å²) >= 11 is 0. The van der Waals surface area contributed by atoms with Crippen LogP contribution in [0.2, 0.25) is 0 Å². The van der Waals surface area contributed by atoms with Crippen LogP contribution in [0.15, 0.2) is 36.5 Å². The number of carbonyl (C=O) groups excluding carboxylic acids is 3. The number of aromatic nitrogens is 1. The van der Waals surface area contributed by atoms with Crippen molar-refractivity contribution in [3.8, 4) is 11.5 Å². The lowest BCUT2D eigenvalue weighted by Crippen LogP contribution is -2.31. The van der Waals surface area contributed by atoms with Crippen molar-refractivity contribution in [2.75, 3.05) is 20.8 Å². The fourth-order valence-electron chi connectivity index (χ4n) is 3.38. The van der Waals surface area contributed by atoms with Gasteiger partial charge in [0.25, 0.3) is 0 Å². The van der Waals surface area contributed by atoms with Crippen LogP contribution in [0.4, 0.5) is 4.39 Å². The monoisotopic (exact) mass is 475 g/mol. The fraction of sp³-hybridized carbons (Fsp3) is 0.440. The molecule has 3 atom stereocenters. The number of halogens is 1. The van der Waals surface area contributed by atoms with Crippen molar-refractivity contribution in [3.63, 3.8) is 0 Å². The number of carbonyl (C=O) groups is 3. The van der Waals surface area contributed by atoms with E-state index in [-0.39, 0.29) is 35.3 Å². The number of methoxy groups -OCH3 is 2. The highest BCUT2D eigenvalue weighted by molar-refractivity contribution is 5.99. The van der Waals surface area contributed by atoms with E-state index in [1.807, 2.05) is 0 Å². The van der Waals surface area contributed by atoms with Crippen LogP contribution in [0.5, 0.6) is 11.5 Å². The summed E-state index contributed by atoms with van der Waals surface area (Å²) in [6, 6.07) is 7.57. The van der Waals surface area contributed by atoms with Crippen molar-refractivity contribution in [2.45, 2.75) is 39.7 Å². The number of ether oxygens (including phenoxy) is 4. The first-order chi connectivity index (χ1) is 16.2. The third-order valence-corrected chi connectivity index (χ3v) is 5.25. The quantitative estimate of drug-likeness (QED) is 0.338. The molecule has 0 amide bonds. The highest BCUT2D eigenvalue weighted by atomic mass is 19.1. The van der Waals surface area contributed by atoms with Crippen LogP contribution >= 0.6 is 0 Å². The molecule has 0 unspecified atom stereocenters. The number of esters is 2. The first kappa shape index (κ1) is 26.9. The van der Waals surface area contributed by atoms with E-state index in [1.54, 1.807) is 33.1 Å². The van der Waals surface area contributed by atoms with Gasteiger partial charge in [-0.2, -0.15) is 0 Å². The second-order valence-electron chi connectivity index (χ2n) is 8.00. The topological polar surface area (TPSA) is 101 Å². The van der Waals surface area contributed by atoms with Gasteiger partial charge >= 0.3 is 11.9 Å². The summed E-state index contributed by atoms with van der Waals surface area (Å²) in [5.74, 6) is -2.86. The second kappa shape index (κ2) is 12.8. The van der Waals surface area contributed by atoms with Gasteiger partial charge in [0.1, 0.15) is 11.9 Å². The smallest absolute Gasteiger partial charge is 0.309 e. The maximum Gasteiger partial charge on any atom is 0.309 e. The maximum absolute atomic E-state index is 13.2. The van der Waals surface area contributed by atoms with Crippen molar-refractivity contribution in [1.29, 1.82) is 0 Å². The Balaban J connectivity index is 2.06. The van der Waals surface area contributed by atoms with E-state index in [2.05, 4.69) is 4.98 Å². The molecule has 0 aliphatic rings. The van der Waals surface area contributed by atoms with Gasteiger partial charge in [-0.05, 0) is 31.0 Å². The van der Waals surface area contributed by atoms with E-state index in [1.165, 1.54) is 38.4 Å².